The molecule has 0 unspecified atom stereocenters. The largest absolute Gasteiger partial charge is 0.455 e. The second kappa shape index (κ2) is 16.3. The number of hydrogen-bond acceptors (Lipinski definition) is 9. The van der Waals surface area contributed by atoms with E-state index in [1.54, 1.807) is 6.92 Å². The summed E-state index contributed by atoms with van der Waals surface area (Å²) in [5.41, 5.74) is 0. The predicted octanol–water partition coefficient (Wildman–Crippen LogP) is 2.90. The molecule has 0 N–H and O–H groups in total. The fraction of sp³-hybridized carbons (Fsp3) is 0.778. The summed E-state index contributed by atoms with van der Waals surface area (Å²) in [6.07, 6.45) is 2.32. The molecule has 10 heteroatoms. The third-order valence-electron chi connectivity index (χ3n) is 5.80. The number of terminal acetylenes is 1. The molecule has 0 radical (unpaired) electrons. The Morgan fingerprint density at radius 2 is 1.22 bits per heavy atom. The van der Waals surface area contributed by atoms with Crippen molar-refractivity contribution in [2.75, 3.05) is 27.2 Å². The summed E-state index contributed by atoms with van der Waals surface area (Å²) in [4.78, 5) is 50.0. The van der Waals surface area contributed by atoms with Crippen molar-refractivity contribution >= 4 is 23.9 Å². The van der Waals surface area contributed by atoms with Gasteiger partial charge in [0.15, 0.2) is 12.2 Å². The Morgan fingerprint density at radius 3 is 1.70 bits per heavy atom. The molecule has 0 aliphatic carbocycles. The normalized spacial score (nSPS) is 23.4. The third-order valence-corrected chi connectivity index (χ3v) is 5.80. The number of rotatable bonds is 15. The smallest absolute Gasteiger partial charge is 0.308 e. The van der Waals surface area contributed by atoms with Gasteiger partial charge < -0.3 is 28.2 Å². The molecular weight excluding hydrogens is 482 g/mol. The molecule has 1 heterocycles. The molecule has 1 fully saturated rings. The van der Waals surface area contributed by atoms with Crippen LogP contribution in [0.3, 0.4) is 0 Å². The average molecular weight is 527 g/mol. The number of carbonyl (C=O) groups excluding carboxylic acids is 4. The molecule has 37 heavy (non-hydrogen) atoms. The van der Waals surface area contributed by atoms with Crippen molar-refractivity contribution in [3.8, 4) is 12.3 Å². The SMILES string of the molecule is C#CC[N+](C)(C)CCCC(=O)O[C@H]1O[C@@H](C)[C@@H](OC(=O)CCC)[C@@H](OC(=O)CCC)[C@@H]1OC(=O)CCC. The van der Waals surface area contributed by atoms with Crippen LogP contribution in [0.15, 0.2) is 0 Å². The first-order chi connectivity index (χ1) is 17.5. The van der Waals surface area contributed by atoms with Gasteiger partial charge in [0.05, 0.1) is 33.2 Å². The van der Waals surface area contributed by atoms with Crippen LogP contribution in [-0.4, -0.2) is 86.3 Å². The van der Waals surface area contributed by atoms with Gasteiger partial charge in [0.1, 0.15) is 6.54 Å². The lowest BCUT2D eigenvalue weighted by molar-refractivity contribution is -0.883. The van der Waals surface area contributed by atoms with Gasteiger partial charge in [-0.3, -0.25) is 19.2 Å². The fourth-order valence-corrected chi connectivity index (χ4v) is 3.90. The first kappa shape index (κ1) is 32.4. The molecule has 210 valence electrons. The number of quaternary nitrogens is 1. The summed E-state index contributed by atoms with van der Waals surface area (Å²) >= 11 is 0. The summed E-state index contributed by atoms with van der Waals surface area (Å²) in [6, 6.07) is 0. The van der Waals surface area contributed by atoms with Crippen LogP contribution in [0.4, 0.5) is 0 Å². The molecule has 0 amide bonds. The van der Waals surface area contributed by atoms with E-state index >= 15 is 0 Å². The zero-order valence-corrected chi connectivity index (χ0v) is 23.2. The summed E-state index contributed by atoms with van der Waals surface area (Å²) in [5.74, 6) is 0.435. The average Bonchev–Trinajstić information content (AvgIpc) is 2.79. The van der Waals surface area contributed by atoms with Gasteiger partial charge in [0.2, 0.25) is 12.4 Å². The van der Waals surface area contributed by atoms with Crippen LogP contribution in [-0.2, 0) is 42.9 Å². The van der Waals surface area contributed by atoms with E-state index in [1.807, 2.05) is 34.9 Å². The molecule has 10 nitrogen and oxygen atoms in total. The van der Waals surface area contributed by atoms with E-state index < -0.39 is 54.6 Å². The zero-order valence-electron chi connectivity index (χ0n) is 23.2. The first-order valence-electron chi connectivity index (χ1n) is 13.2. The van der Waals surface area contributed by atoms with E-state index in [1.165, 1.54) is 0 Å². The summed E-state index contributed by atoms with van der Waals surface area (Å²) in [7, 11) is 3.94. The van der Waals surface area contributed by atoms with Crippen LogP contribution in [0.1, 0.15) is 79.1 Å². The highest BCUT2D eigenvalue weighted by Gasteiger charge is 2.52. The van der Waals surface area contributed by atoms with E-state index in [2.05, 4.69) is 5.92 Å². The topological polar surface area (TPSA) is 114 Å². The quantitative estimate of drug-likeness (QED) is 0.137. The minimum Gasteiger partial charge on any atom is -0.455 e. The monoisotopic (exact) mass is 526 g/mol. The molecule has 1 saturated heterocycles. The van der Waals surface area contributed by atoms with Crippen LogP contribution in [0.5, 0.6) is 0 Å². The van der Waals surface area contributed by atoms with Gasteiger partial charge >= 0.3 is 23.9 Å². The van der Waals surface area contributed by atoms with Crippen LogP contribution in [0.2, 0.25) is 0 Å². The van der Waals surface area contributed by atoms with Gasteiger partial charge in [-0.25, -0.2) is 0 Å². The molecule has 0 spiro atoms. The van der Waals surface area contributed by atoms with Crippen LogP contribution in [0.25, 0.3) is 0 Å². The molecule has 0 aromatic rings. The van der Waals surface area contributed by atoms with Crippen molar-refractivity contribution < 1.29 is 47.3 Å². The maximum absolute atomic E-state index is 12.7. The van der Waals surface area contributed by atoms with Crippen LogP contribution < -0.4 is 0 Å². The summed E-state index contributed by atoms with van der Waals surface area (Å²) < 4.78 is 28.9. The molecule has 0 aromatic carbocycles. The zero-order chi connectivity index (χ0) is 28.0. The van der Waals surface area contributed by atoms with Crippen LogP contribution in [0, 0.1) is 12.3 Å². The Balaban J connectivity index is 3.15. The van der Waals surface area contributed by atoms with Gasteiger partial charge in [-0.05, 0) is 32.1 Å². The van der Waals surface area contributed by atoms with E-state index in [4.69, 9.17) is 30.1 Å². The van der Waals surface area contributed by atoms with Gasteiger partial charge in [0.25, 0.3) is 0 Å². The molecule has 1 aliphatic heterocycles. The predicted molar refractivity (Wildman–Crippen MR) is 135 cm³/mol. The molecule has 1 rings (SSSR count). The standard InChI is InChI=1S/C27H44NO9/c1-8-13-20(29)34-24-19(5)33-27(37-23(32)16-12-18-28(6,7)17-11-4)26(36-22(31)15-10-3)25(24)35-21(30)14-9-2/h4,19,24-27H,8-10,12-18H2,1-3,5-7H3/q+1/t19-,24+,25+,26-,27+/m0/s1. The Morgan fingerprint density at radius 1 is 0.757 bits per heavy atom. The van der Waals surface area contributed by atoms with E-state index in [0.29, 0.717) is 43.3 Å². The minimum atomic E-state index is -1.34. The molecular formula is C27H44NO9+. The Kier molecular flexibility index (Phi) is 14.2. The Hall–Kier alpha value is -2.64. The number of ether oxygens (including phenoxy) is 5. The van der Waals surface area contributed by atoms with Crippen LogP contribution >= 0.6 is 0 Å². The van der Waals surface area contributed by atoms with E-state index in [-0.39, 0.29) is 25.7 Å². The molecule has 1 aliphatic rings. The van der Waals surface area contributed by atoms with Crippen molar-refractivity contribution in [1.82, 2.24) is 0 Å². The van der Waals surface area contributed by atoms with Crippen molar-refractivity contribution in [3.05, 3.63) is 0 Å². The Bertz CT molecular complexity index is 804. The molecule has 0 bridgehead atoms. The van der Waals surface area contributed by atoms with Gasteiger partial charge in [0, 0.05) is 25.7 Å². The van der Waals surface area contributed by atoms with Crippen molar-refractivity contribution in [2.45, 2.75) is 110 Å². The lowest BCUT2D eigenvalue weighted by atomic mass is 9.98. The summed E-state index contributed by atoms with van der Waals surface area (Å²) in [6.45, 7) is 8.26. The fourth-order valence-electron chi connectivity index (χ4n) is 3.90. The number of carbonyl (C=O) groups is 4. The number of nitrogens with zero attached hydrogens (tertiary/aromatic N) is 1. The second-order valence-corrected chi connectivity index (χ2v) is 9.94. The lowest BCUT2D eigenvalue weighted by Crippen LogP contribution is -2.61. The van der Waals surface area contributed by atoms with Crippen molar-refractivity contribution in [3.63, 3.8) is 0 Å². The van der Waals surface area contributed by atoms with E-state index in [9.17, 15) is 19.2 Å². The molecule has 0 saturated carbocycles. The highest BCUT2D eigenvalue weighted by Crippen LogP contribution is 2.30. The molecule has 0 aromatic heterocycles. The first-order valence-corrected chi connectivity index (χ1v) is 13.2. The Labute approximate surface area is 220 Å². The highest BCUT2D eigenvalue weighted by molar-refractivity contribution is 5.72. The third kappa shape index (κ3) is 11.5. The summed E-state index contributed by atoms with van der Waals surface area (Å²) in [5, 5.41) is 0. The number of esters is 4. The van der Waals surface area contributed by atoms with Crippen molar-refractivity contribution in [2.24, 2.45) is 0 Å². The molecule has 5 atom stereocenters. The van der Waals surface area contributed by atoms with Gasteiger partial charge in [-0.2, -0.15) is 0 Å². The number of hydrogen-bond donors (Lipinski definition) is 0. The lowest BCUT2D eigenvalue weighted by Gasteiger charge is -2.43. The van der Waals surface area contributed by atoms with E-state index in [0.717, 1.165) is 0 Å². The minimum absolute atomic E-state index is 0.0886. The second-order valence-electron chi connectivity index (χ2n) is 9.94. The van der Waals surface area contributed by atoms with Gasteiger partial charge in [-0.15, -0.1) is 6.42 Å². The van der Waals surface area contributed by atoms with Gasteiger partial charge in [-0.1, -0.05) is 20.8 Å². The van der Waals surface area contributed by atoms with Crippen molar-refractivity contribution in [1.29, 1.82) is 0 Å². The highest BCUT2D eigenvalue weighted by atomic mass is 16.7. The maximum atomic E-state index is 12.7. The maximum Gasteiger partial charge on any atom is 0.308 e.